The van der Waals surface area contributed by atoms with Crippen molar-refractivity contribution in [3.63, 3.8) is 0 Å². The molecule has 0 aromatic rings. The summed E-state index contributed by atoms with van der Waals surface area (Å²) in [5.74, 6) is 0.552. The highest BCUT2D eigenvalue weighted by Gasteiger charge is 2.27. The van der Waals surface area contributed by atoms with Crippen molar-refractivity contribution in [1.82, 2.24) is 10.6 Å². The molecule has 0 aromatic heterocycles. The van der Waals surface area contributed by atoms with Gasteiger partial charge in [-0.2, -0.15) is 0 Å². The van der Waals surface area contributed by atoms with Crippen molar-refractivity contribution < 1.29 is 13.2 Å². The molecule has 1 rings (SSSR count). The summed E-state index contributed by atoms with van der Waals surface area (Å²) in [5, 5.41) is 5.24. The van der Waals surface area contributed by atoms with Crippen molar-refractivity contribution in [1.29, 1.82) is 0 Å². The molecule has 0 aliphatic carbocycles. The van der Waals surface area contributed by atoms with Gasteiger partial charge in [-0.15, -0.1) is 0 Å². The fraction of sp³-hybridized carbons (Fsp3) is 0.875. The second kappa shape index (κ2) is 4.63. The Balaban J connectivity index is 2.24. The number of sulfone groups is 1. The summed E-state index contributed by atoms with van der Waals surface area (Å²) in [6.07, 6.45) is 0.661. The highest BCUT2D eigenvalue weighted by atomic mass is 32.2. The summed E-state index contributed by atoms with van der Waals surface area (Å²) in [5.41, 5.74) is 0. The maximum atomic E-state index is 11.1. The summed E-state index contributed by atoms with van der Waals surface area (Å²) in [6, 6.07) is -0.225. The van der Waals surface area contributed by atoms with Crippen LogP contribution in [0.4, 0.5) is 4.79 Å². The number of hydrogen-bond acceptors (Lipinski definition) is 3. The third-order valence-electron chi connectivity index (χ3n) is 2.22. The molecule has 2 amide bonds. The van der Waals surface area contributed by atoms with E-state index in [1.807, 2.05) is 6.92 Å². The molecule has 1 fully saturated rings. The monoisotopic (exact) mass is 220 g/mol. The average Bonchev–Trinajstić information content (AvgIpc) is 2.43. The molecule has 1 atom stereocenters. The Kier molecular flexibility index (Phi) is 3.74. The lowest BCUT2D eigenvalue weighted by Crippen LogP contribution is -2.38. The number of carbonyl (C=O) groups excluding carboxylic acids is 1. The van der Waals surface area contributed by atoms with Crippen molar-refractivity contribution in [2.75, 3.05) is 24.6 Å². The van der Waals surface area contributed by atoms with E-state index < -0.39 is 9.84 Å². The molecule has 1 heterocycles. The molecule has 0 saturated carbocycles. The number of amides is 2. The first-order chi connectivity index (χ1) is 6.53. The van der Waals surface area contributed by atoms with E-state index in [9.17, 15) is 13.2 Å². The van der Waals surface area contributed by atoms with Gasteiger partial charge in [-0.1, -0.05) is 0 Å². The highest BCUT2D eigenvalue weighted by Crippen LogP contribution is 2.17. The number of hydrogen-bond donors (Lipinski definition) is 2. The van der Waals surface area contributed by atoms with E-state index in [0.717, 1.165) is 0 Å². The zero-order valence-corrected chi connectivity index (χ0v) is 9.06. The first-order valence-electron chi connectivity index (χ1n) is 4.75. The van der Waals surface area contributed by atoms with Crippen molar-refractivity contribution in [3.8, 4) is 0 Å². The lowest BCUT2D eigenvalue weighted by Gasteiger charge is -2.09. The average molecular weight is 220 g/mol. The summed E-state index contributed by atoms with van der Waals surface area (Å²) >= 11 is 0. The van der Waals surface area contributed by atoms with Crippen molar-refractivity contribution in [2.24, 2.45) is 5.92 Å². The molecule has 0 spiro atoms. The quantitative estimate of drug-likeness (QED) is 0.688. The van der Waals surface area contributed by atoms with Gasteiger partial charge in [0.1, 0.15) is 0 Å². The second-order valence-corrected chi connectivity index (χ2v) is 5.74. The van der Waals surface area contributed by atoms with Crippen LogP contribution in [0.5, 0.6) is 0 Å². The van der Waals surface area contributed by atoms with Gasteiger partial charge >= 0.3 is 6.03 Å². The zero-order valence-electron chi connectivity index (χ0n) is 8.25. The van der Waals surface area contributed by atoms with Crippen LogP contribution >= 0.6 is 0 Å². The van der Waals surface area contributed by atoms with E-state index >= 15 is 0 Å². The Morgan fingerprint density at radius 1 is 1.43 bits per heavy atom. The van der Waals surface area contributed by atoms with Crippen LogP contribution < -0.4 is 10.6 Å². The minimum absolute atomic E-state index is 0.0857. The summed E-state index contributed by atoms with van der Waals surface area (Å²) in [6.45, 7) is 2.86. The van der Waals surface area contributed by atoms with Crippen LogP contribution in [-0.2, 0) is 9.84 Å². The predicted molar refractivity (Wildman–Crippen MR) is 53.8 cm³/mol. The molecule has 6 heteroatoms. The van der Waals surface area contributed by atoms with Gasteiger partial charge in [-0.3, -0.25) is 0 Å². The minimum Gasteiger partial charge on any atom is -0.338 e. The molecular weight excluding hydrogens is 204 g/mol. The van der Waals surface area contributed by atoms with Crippen molar-refractivity contribution in [2.45, 2.75) is 13.3 Å². The Morgan fingerprint density at radius 2 is 2.14 bits per heavy atom. The van der Waals surface area contributed by atoms with Crippen LogP contribution in [-0.4, -0.2) is 39.0 Å². The van der Waals surface area contributed by atoms with Crippen LogP contribution in [0, 0.1) is 5.92 Å². The number of rotatable bonds is 3. The fourth-order valence-electron chi connectivity index (χ4n) is 1.49. The minimum atomic E-state index is -2.83. The van der Waals surface area contributed by atoms with E-state index in [4.69, 9.17) is 0 Å². The maximum Gasteiger partial charge on any atom is 0.314 e. The van der Waals surface area contributed by atoms with E-state index in [1.165, 1.54) is 0 Å². The highest BCUT2D eigenvalue weighted by molar-refractivity contribution is 7.91. The molecule has 0 radical (unpaired) electrons. The van der Waals surface area contributed by atoms with Crippen LogP contribution in [0.15, 0.2) is 0 Å². The molecule has 2 N–H and O–H groups in total. The number of urea groups is 1. The Hall–Kier alpha value is -0.780. The zero-order chi connectivity index (χ0) is 10.6. The molecule has 0 aromatic carbocycles. The first kappa shape index (κ1) is 11.3. The molecule has 0 bridgehead atoms. The molecule has 5 nitrogen and oxygen atoms in total. The van der Waals surface area contributed by atoms with Crippen LogP contribution in [0.1, 0.15) is 13.3 Å². The fourth-order valence-corrected chi connectivity index (χ4v) is 3.35. The van der Waals surface area contributed by atoms with Crippen molar-refractivity contribution in [3.05, 3.63) is 0 Å². The van der Waals surface area contributed by atoms with Gasteiger partial charge in [0.15, 0.2) is 9.84 Å². The van der Waals surface area contributed by atoms with E-state index in [1.54, 1.807) is 0 Å². The smallest absolute Gasteiger partial charge is 0.314 e. The SMILES string of the molecule is CCNC(=O)NCC1CCS(=O)(=O)C1. The normalized spacial score (nSPS) is 24.5. The van der Waals surface area contributed by atoms with Gasteiger partial charge in [-0.05, 0) is 19.3 Å². The Morgan fingerprint density at radius 3 is 2.64 bits per heavy atom. The molecule has 1 aliphatic heterocycles. The van der Waals surface area contributed by atoms with Crippen LogP contribution in [0.3, 0.4) is 0 Å². The van der Waals surface area contributed by atoms with Crippen LogP contribution in [0.25, 0.3) is 0 Å². The number of carbonyl (C=O) groups is 1. The van der Waals surface area contributed by atoms with Gasteiger partial charge < -0.3 is 10.6 Å². The van der Waals surface area contributed by atoms with Gasteiger partial charge in [0, 0.05) is 13.1 Å². The largest absolute Gasteiger partial charge is 0.338 e. The summed E-state index contributed by atoms with van der Waals surface area (Å²) in [4.78, 5) is 11.0. The third kappa shape index (κ3) is 3.53. The standard InChI is InChI=1S/C8H16N2O3S/c1-2-9-8(11)10-5-7-3-4-14(12,13)6-7/h7H,2-6H2,1H3,(H2,9,10,11). The third-order valence-corrected chi connectivity index (χ3v) is 4.05. The van der Waals surface area contributed by atoms with Crippen molar-refractivity contribution >= 4 is 15.9 Å². The molecular formula is C8H16N2O3S. The van der Waals surface area contributed by atoms with E-state index in [2.05, 4.69) is 10.6 Å². The molecule has 14 heavy (non-hydrogen) atoms. The molecule has 1 saturated heterocycles. The first-order valence-corrected chi connectivity index (χ1v) is 6.58. The van der Waals surface area contributed by atoms with Gasteiger partial charge in [0.05, 0.1) is 11.5 Å². The topological polar surface area (TPSA) is 75.3 Å². The van der Waals surface area contributed by atoms with E-state index in [0.29, 0.717) is 19.5 Å². The Bertz CT molecular complexity index is 300. The Labute approximate surface area is 84.2 Å². The van der Waals surface area contributed by atoms with Gasteiger partial charge in [0.25, 0.3) is 0 Å². The lowest BCUT2D eigenvalue weighted by molar-refractivity contribution is 0.240. The summed E-state index contributed by atoms with van der Waals surface area (Å²) < 4.78 is 22.2. The van der Waals surface area contributed by atoms with E-state index in [-0.39, 0.29) is 23.5 Å². The lowest BCUT2D eigenvalue weighted by atomic mass is 10.1. The molecule has 82 valence electrons. The number of nitrogens with one attached hydrogen (secondary N) is 2. The molecule has 1 unspecified atom stereocenters. The van der Waals surface area contributed by atoms with Gasteiger partial charge in [0.2, 0.25) is 0 Å². The predicted octanol–water partition coefficient (Wildman–Crippen LogP) is -0.260. The van der Waals surface area contributed by atoms with Gasteiger partial charge in [-0.25, -0.2) is 13.2 Å². The second-order valence-electron chi connectivity index (χ2n) is 3.51. The van der Waals surface area contributed by atoms with Crippen LogP contribution in [0.2, 0.25) is 0 Å². The molecule has 1 aliphatic rings. The summed E-state index contributed by atoms with van der Waals surface area (Å²) in [7, 11) is -2.83. The maximum absolute atomic E-state index is 11.1.